The molecule has 3 N–H and O–H groups in total. The monoisotopic (exact) mass is 225 g/mol. The van der Waals surface area contributed by atoms with E-state index in [2.05, 4.69) is 18.8 Å². The summed E-state index contributed by atoms with van der Waals surface area (Å²) < 4.78 is 0. The lowest BCUT2D eigenvalue weighted by atomic mass is 9.94. The van der Waals surface area contributed by atoms with E-state index >= 15 is 0 Å². The van der Waals surface area contributed by atoms with E-state index in [-0.39, 0.29) is 11.8 Å². The summed E-state index contributed by atoms with van der Waals surface area (Å²) in [7, 11) is 0. The lowest BCUT2D eigenvalue weighted by Gasteiger charge is -2.11. The minimum Gasteiger partial charge on any atom is -0.494 e. The van der Waals surface area contributed by atoms with Crippen LogP contribution in [0.2, 0.25) is 0 Å². The molecule has 3 nitrogen and oxygen atoms in total. The Labute approximate surface area is 97.5 Å². The van der Waals surface area contributed by atoms with Crippen LogP contribution in [0.3, 0.4) is 0 Å². The quantitative estimate of drug-likeness (QED) is 0.645. The Morgan fingerprint density at radius 3 is 2.31 bits per heavy atom. The number of aromatic amines is 1. The van der Waals surface area contributed by atoms with E-state index in [1.807, 2.05) is 6.92 Å². The van der Waals surface area contributed by atoms with Gasteiger partial charge < -0.3 is 10.2 Å². The zero-order chi connectivity index (χ0) is 12.1. The standard InChI is InChI=1S/C13H23NO2/c1-4-5-6-7-8-9(2)11-10(3)12(15)14-13(11)16/h9,14-16H,4-8H2,1-3H3. The van der Waals surface area contributed by atoms with Gasteiger partial charge in [0.25, 0.3) is 0 Å². The molecule has 1 aromatic rings. The van der Waals surface area contributed by atoms with Crippen molar-refractivity contribution in [3.63, 3.8) is 0 Å². The lowest BCUT2D eigenvalue weighted by Crippen LogP contribution is -1.94. The first kappa shape index (κ1) is 12.9. The number of aromatic nitrogens is 1. The number of rotatable bonds is 6. The fourth-order valence-electron chi connectivity index (χ4n) is 2.20. The topological polar surface area (TPSA) is 56.2 Å². The number of hydrogen-bond donors (Lipinski definition) is 3. The average molecular weight is 225 g/mol. The summed E-state index contributed by atoms with van der Waals surface area (Å²) in [5.41, 5.74) is 1.65. The van der Waals surface area contributed by atoms with Crippen LogP contribution in [0, 0.1) is 6.92 Å². The third kappa shape index (κ3) is 2.94. The van der Waals surface area contributed by atoms with Crippen molar-refractivity contribution in [3.8, 4) is 11.8 Å². The Morgan fingerprint density at radius 1 is 1.12 bits per heavy atom. The van der Waals surface area contributed by atoms with Gasteiger partial charge in [0.15, 0.2) is 11.8 Å². The van der Waals surface area contributed by atoms with E-state index in [9.17, 15) is 10.2 Å². The molecule has 1 atom stereocenters. The molecule has 0 saturated carbocycles. The maximum atomic E-state index is 9.67. The Morgan fingerprint density at radius 2 is 1.81 bits per heavy atom. The molecule has 0 aliphatic heterocycles. The average Bonchev–Trinajstić information content (AvgIpc) is 2.48. The third-order valence-corrected chi connectivity index (χ3v) is 3.23. The van der Waals surface area contributed by atoms with Gasteiger partial charge in [-0.15, -0.1) is 0 Å². The number of hydrogen-bond acceptors (Lipinski definition) is 2. The summed E-state index contributed by atoms with van der Waals surface area (Å²) in [6.45, 7) is 6.13. The molecule has 1 aromatic heterocycles. The summed E-state index contributed by atoms with van der Waals surface area (Å²) in [6, 6.07) is 0. The predicted molar refractivity (Wildman–Crippen MR) is 66.0 cm³/mol. The molecule has 0 aromatic carbocycles. The summed E-state index contributed by atoms with van der Waals surface area (Å²) in [4.78, 5) is 2.57. The van der Waals surface area contributed by atoms with Gasteiger partial charge in [0.1, 0.15) is 0 Å². The van der Waals surface area contributed by atoms with E-state index in [4.69, 9.17) is 0 Å². The normalized spacial score (nSPS) is 12.9. The minimum atomic E-state index is 0.0907. The third-order valence-electron chi connectivity index (χ3n) is 3.23. The Hall–Kier alpha value is -1.12. The molecule has 1 rings (SSSR count). The van der Waals surface area contributed by atoms with Crippen LogP contribution in [0.4, 0.5) is 0 Å². The molecule has 0 saturated heterocycles. The maximum Gasteiger partial charge on any atom is 0.195 e. The lowest BCUT2D eigenvalue weighted by molar-refractivity contribution is 0.420. The highest BCUT2D eigenvalue weighted by molar-refractivity contribution is 5.44. The molecule has 1 unspecified atom stereocenters. The first-order valence-electron chi connectivity index (χ1n) is 6.18. The number of unbranched alkanes of at least 4 members (excludes halogenated alkanes) is 3. The van der Waals surface area contributed by atoms with Crippen LogP contribution in [0.1, 0.15) is 63.0 Å². The van der Waals surface area contributed by atoms with Crippen LogP contribution in [-0.2, 0) is 0 Å². The van der Waals surface area contributed by atoms with Crippen LogP contribution in [0.5, 0.6) is 11.8 Å². The van der Waals surface area contributed by atoms with Gasteiger partial charge in [0.2, 0.25) is 0 Å². The van der Waals surface area contributed by atoms with Crippen LogP contribution in [0.25, 0.3) is 0 Å². The number of aromatic hydroxyl groups is 2. The maximum absolute atomic E-state index is 9.67. The summed E-state index contributed by atoms with van der Waals surface area (Å²) in [5, 5.41) is 19.1. The van der Waals surface area contributed by atoms with Crippen molar-refractivity contribution in [1.29, 1.82) is 0 Å². The molecule has 0 radical (unpaired) electrons. The van der Waals surface area contributed by atoms with E-state index in [0.717, 1.165) is 17.5 Å². The van der Waals surface area contributed by atoms with Crippen molar-refractivity contribution >= 4 is 0 Å². The highest BCUT2D eigenvalue weighted by Crippen LogP contribution is 2.36. The molecule has 0 bridgehead atoms. The molecule has 92 valence electrons. The SMILES string of the molecule is CCCCCCC(C)c1c(O)[nH]c(O)c1C. The van der Waals surface area contributed by atoms with Gasteiger partial charge in [-0.2, -0.15) is 0 Å². The van der Waals surface area contributed by atoms with Crippen LogP contribution in [0.15, 0.2) is 0 Å². The molecule has 16 heavy (non-hydrogen) atoms. The molecule has 0 spiro atoms. The van der Waals surface area contributed by atoms with Gasteiger partial charge in [0.05, 0.1) is 0 Å². The fraction of sp³-hybridized carbons (Fsp3) is 0.692. The van der Waals surface area contributed by atoms with Gasteiger partial charge in [-0.25, -0.2) is 0 Å². The van der Waals surface area contributed by atoms with Crippen molar-refractivity contribution < 1.29 is 10.2 Å². The van der Waals surface area contributed by atoms with Gasteiger partial charge in [-0.05, 0) is 19.3 Å². The van der Waals surface area contributed by atoms with Gasteiger partial charge >= 0.3 is 0 Å². The minimum absolute atomic E-state index is 0.0907. The van der Waals surface area contributed by atoms with Gasteiger partial charge in [-0.1, -0.05) is 39.5 Å². The second-order valence-electron chi connectivity index (χ2n) is 4.61. The number of H-pyrrole nitrogens is 1. The molecule has 3 heteroatoms. The fourth-order valence-corrected chi connectivity index (χ4v) is 2.20. The van der Waals surface area contributed by atoms with Crippen molar-refractivity contribution in [2.45, 2.75) is 58.8 Å². The molecule has 0 aliphatic rings. The second kappa shape index (κ2) is 5.83. The Kier molecular flexibility index (Phi) is 4.71. The van der Waals surface area contributed by atoms with Gasteiger partial charge in [-0.3, -0.25) is 4.98 Å². The smallest absolute Gasteiger partial charge is 0.195 e. The Balaban J connectivity index is 2.55. The summed E-state index contributed by atoms with van der Waals surface area (Å²) in [6.07, 6.45) is 6.00. The highest BCUT2D eigenvalue weighted by Gasteiger charge is 2.18. The van der Waals surface area contributed by atoms with Gasteiger partial charge in [0, 0.05) is 11.1 Å². The van der Waals surface area contributed by atoms with Crippen molar-refractivity contribution in [3.05, 3.63) is 11.1 Å². The second-order valence-corrected chi connectivity index (χ2v) is 4.61. The van der Waals surface area contributed by atoms with E-state index in [1.165, 1.54) is 25.7 Å². The van der Waals surface area contributed by atoms with Crippen LogP contribution < -0.4 is 0 Å². The zero-order valence-corrected chi connectivity index (χ0v) is 10.5. The van der Waals surface area contributed by atoms with Crippen LogP contribution in [-0.4, -0.2) is 15.2 Å². The molecule has 0 aliphatic carbocycles. The summed E-state index contributed by atoms with van der Waals surface area (Å²) >= 11 is 0. The predicted octanol–water partition coefficient (Wildman–Crippen LogP) is 3.81. The molecular weight excluding hydrogens is 202 g/mol. The van der Waals surface area contributed by atoms with Crippen molar-refractivity contribution in [1.82, 2.24) is 4.98 Å². The Bertz CT molecular complexity index is 331. The molecule has 0 fully saturated rings. The largest absolute Gasteiger partial charge is 0.494 e. The number of nitrogens with one attached hydrogen (secondary N) is 1. The van der Waals surface area contributed by atoms with E-state index < -0.39 is 0 Å². The molecule has 0 amide bonds. The van der Waals surface area contributed by atoms with Crippen LogP contribution >= 0.6 is 0 Å². The van der Waals surface area contributed by atoms with Crippen molar-refractivity contribution in [2.75, 3.05) is 0 Å². The first-order chi connectivity index (χ1) is 7.57. The molecule has 1 heterocycles. The first-order valence-corrected chi connectivity index (χ1v) is 6.18. The van der Waals surface area contributed by atoms with Crippen molar-refractivity contribution in [2.24, 2.45) is 0 Å². The highest BCUT2D eigenvalue weighted by atomic mass is 16.3. The molecular formula is C13H23NO2. The van der Waals surface area contributed by atoms with E-state index in [1.54, 1.807) is 0 Å². The van der Waals surface area contributed by atoms with E-state index in [0.29, 0.717) is 5.92 Å². The zero-order valence-electron chi connectivity index (χ0n) is 10.5. The summed E-state index contributed by atoms with van der Waals surface area (Å²) in [5.74, 6) is 0.514.